The molecule has 0 fully saturated rings. The van der Waals surface area contributed by atoms with E-state index in [1.165, 1.54) is 39.4 Å². The van der Waals surface area contributed by atoms with Crippen LogP contribution in [0.1, 0.15) is 23.7 Å². The molecule has 0 heterocycles. The zero-order valence-electron chi connectivity index (χ0n) is 13.2. The first-order valence-corrected chi connectivity index (χ1v) is 8.21. The molecule has 122 valence electrons. The molecule has 0 spiro atoms. The Morgan fingerprint density at radius 2 is 1.95 bits per heavy atom. The fraction of sp³-hybridized carbons (Fsp3) is 0.400. The van der Waals surface area contributed by atoms with Crippen molar-refractivity contribution < 1.29 is 22.7 Å². The maximum atomic E-state index is 12.3. The van der Waals surface area contributed by atoms with Crippen LogP contribution >= 0.6 is 0 Å². The SMILES string of the molecule is CC/C=C/COC(=O)c1ccc(OC)c(S(=O)(=O)N(C)C)c1. The Labute approximate surface area is 131 Å². The van der Waals surface area contributed by atoms with E-state index >= 15 is 0 Å². The number of methoxy groups -OCH3 is 1. The summed E-state index contributed by atoms with van der Waals surface area (Å²) in [5.41, 5.74) is 0.158. The maximum Gasteiger partial charge on any atom is 0.338 e. The summed E-state index contributed by atoms with van der Waals surface area (Å²) in [6.45, 7) is 2.12. The van der Waals surface area contributed by atoms with E-state index in [1.54, 1.807) is 6.08 Å². The van der Waals surface area contributed by atoms with Crippen LogP contribution in [-0.2, 0) is 14.8 Å². The average Bonchev–Trinajstić information content (AvgIpc) is 2.50. The van der Waals surface area contributed by atoms with Crippen molar-refractivity contribution in [2.45, 2.75) is 18.2 Å². The molecule has 0 aliphatic rings. The van der Waals surface area contributed by atoms with Crippen LogP contribution in [0.15, 0.2) is 35.2 Å². The van der Waals surface area contributed by atoms with Crippen molar-refractivity contribution in [2.24, 2.45) is 0 Å². The number of hydrogen-bond acceptors (Lipinski definition) is 5. The predicted octanol–water partition coefficient (Wildman–Crippen LogP) is 2.07. The highest BCUT2D eigenvalue weighted by Gasteiger charge is 2.24. The number of carbonyl (C=O) groups is 1. The minimum atomic E-state index is -3.72. The zero-order valence-corrected chi connectivity index (χ0v) is 14.0. The number of allylic oxidation sites excluding steroid dienone is 1. The van der Waals surface area contributed by atoms with Gasteiger partial charge in [0.2, 0.25) is 10.0 Å². The number of hydrogen-bond donors (Lipinski definition) is 0. The molecular weight excluding hydrogens is 306 g/mol. The lowest BCUT2D eigenvalue weighted by Gasteiger charge is -2.15. The van der Waals surface area contributed by atoms with Gasteiger partial charge in [-0.15, -0.1) is 0 Å². The average molecular weight is 327 g/mol. The summed E-state index contributed by atoms with van der Waals surface area (Å²) in [5, 5.41) is 0. The second-order valence-corrected chi connectivity index (χ2v) is 6.75. The van der Waals surface area contributed by atoms with Crippen LogP contribution in [0.3, 0.4) is 0 Å². The maximum absolute atomic E-state index is 12.3. The first-order valence-electron chi connectivity index (χ1n) is 6.77. The smallest absolute Gasteiger partial charge is 0.338 e. The van der Waals surface area contributed by atoms with Crippen LogP contribution in [0.5, 0.6) is 5.75 Å². The fourth-order valence-electron chi connectivity index (χ4n) is 1.64. The van der Waals surface area contributed by atoms with Gasteiger partial charge in [0.15, 0.2) is 0 Å². The molecule has 0 bridgehead atoms. The van der Waals surface area contributed by atoms with Gasteiger partial charge in [-0.25, -0.2) is 17.5 Å². The molecule has 1 rings (SSSR count). The van der Waals surface area contributed by atoms with Gasteiger partial charge in [-0.05, 0) is 24.6 Å². The highest BCUT2D eigenvalue weighted by Crippen LogP contribution is 2.27. The van der Waals surface area contributed by atoms with E-state index in [1.807, 2.05) is 13.0 Å². The second kappa shape index (κ2) is 7.95. The highest BCUT2D eigenvalue weighted by molar-refractivity contribution is 7.89. The topological polar surface area (TPSA) is 72.9 Å². The molecule has 22 heavy (non-hydrogen) atoms. The first kappa shape index (κ1) is 18.2. The first-order chi connectivity index (χ1) is 10.3. The van der Waals surface area contributed by atoms with Crippen molar-refractivity contribution in [3.05, 3.63) is 35.9 Å². The number of nitrogens with zero attached hydrogens (tertiary/aromatic N) is 1. The van der Waals surface area contributed by atoms with Gasteiger partial charge >= 0.3 is 5.97 Å². The quantitative estimate of drug-likeness (QED) is 0.566. The Balaban J connectivity index is 3.10. The Hall–Kier alpha value is -1.86. The van der Waals surface area contributed by atoms with Crippen LogP contribution in [0.25, 0.3) is 0 Å². The van der Waals surface area contributed by atoms with Crippen molar-refractivity contribution in [1.82, 2.24) is 4.31 Å². The lowest BCUT2D eigenvalue weighted by Crippen LogP contribution is -2.23. The highest BCUT2D eigenvalue weighted by atomic mass is 32.2. The molecule has 0 aliphatic carbocycles. The number of esters is 1. The number of rotatable bonds is 7. The van der Waals surface area contributed by atoms with Gasteiger partial charge in [0.1, 0.15) is 17.3 Å². The third-order valence-corrected chi connectivity index (χ3v) is 4.71. The lowest BCUT2D eigenvalue weighted by atomic mass is 10.2. The summed E-state index contributed by atoms with van der Waals surface area (Å²) in [7, 11) is 0.478. The normalized spacial score (nSPS) is 11.9. The van der Waals surface area contributed by atoms with Crippen molar-refractivity contribution in [3.8, 4) is 5.75 Å². The van der Waals surface area contributed by atoms with Crippen LogP contribution in [0.2, 0.25) is 0 Å². The Morgan fingerprint density at radius 1 is 1.27 bits per heavy atom. The minimum Gasteiger partial charge on any atom is -0.495 e. The van der Waals surface area contributed by atoms with Crippen LogP contribution in [0.4, 0.5) is 0 Å². The molecule has 1 aromatic carbocycles. The van der Waals surface area contributed by atoms with E-state index in [9.17, 15) is 13.2 Å². The van der Waals surface area contributed by atoms with Crippen molar-refractivity contribution >= 4 is 16.0 Å². The Kier molecular flexibility index (Phi) is 6.58. The summed E-state index contributed by atoms with van der Waals surface area (Å²) < 4.78 is 35.7. The lowest BCUT2D eigenvalue weighted by molar-refractivity contribution is 0.0549. The molecule has 0 aromatic heterocycles. The van der Waals surface area contributed by atoms with Gasteiger partial charge in [0.25, 0.3) is 0 Å². The summed E-state index contributed by atoms with van der Waals surface area (Å²) in [6.07, 6.45) is 4.47. The van der Waals surface area contributed by atoms with E-state index in [2.05, 4.69) is 0 Å². The molecule has 0 aliphatic heterocycles. The van der Waals surface area contributed by atoms with Gasteiger partial charge in [0.05, 0.1) is 12.7 Å². The molecule has 0 amide bonds. The monoisotopic (exact) mass is 327 g/mol. The van der Waals surface area contributed by atoms with Gasteiger partial charge in [-0.2, -0.15) is 0 Å². The molecule has 0 N–H and O–H groups in total. The Bertz CT molecular complexity index is 650. The summed E-state index contributed by atoms with van der Waals surface area (Å²) in [6, 6.07) is 4.17. The number of sulfonamides is 1. The molecular formula is C15H21NO5S. The van der Waals surface area contributed by atoms with Gasteiger partial charge in [-0.1, -0.05) is 19.1 Å². The van der Waals surface area contributed by atoms with E-state index in [0.29, 0.717) is 0 Å². The van der Waals surface area contributed by atoms with Gasteiger partial charge in [0, 0.05) is 14.1 Å². The van der Waals surface area contributed by atoms with Crippen molar-refractivity contribution in [2.75, 3.05) is 27.8 Å². The Morgan fingerprint density at radius 3 is 2.50 bits per heavy atom. The molecule has 0 saturated carbocycles. The van der Waals surface area contributed by atoms with Crippen molar-refractivity contribution in [1.29, 1.82) is 0 Å². The van der Waals surface area contributed by atoms with Crippen LogP contribution in [0, 0.1) is 0 Å². The van der Waals surface area contributed by atoms with E-state index in [0.717, 1.165) is 10.7 Å². The molecule has 6 nitrogen and oxygen atoms in total. The van der Waals surface area contributed by atoms with Crippen LogP contribution in [-0.4, -0.2) is 46.5 Å². The third kappa shape index (κ3) is 4.32. The molecule has 1 aromatic rings. The fourth-order valence-corrected chi connectivity index (χ4v) is 2.72. The summed E-state index contributed by atoms with van der Waals surface area (Å²) >= 11 is 0. The standard InChI is InChI=1S/C15H21NO5S/c1-5-6-7-10-21-15(17)12-8-9-13(20-4)14(11-12)22(18,19)16(2)3/h6-9,11H,5,10H2,1-4H3/b7-6+. The van der Waals surface area contributed by atoms with Gasteiger partial charge in [-0.3, -0.25) is 0 Å². The summed E-state index contributed by atoms with van der Waals surface area (Å²) in [5.74, 6) is -0.408. The molecule has 7 heteroatoms. The number of benzene rings is 1. The second-order valence-electron chi connectivity index (χ2n) is 4.63. The van der Waals surface area contributed by atoms with E-state index in [-0.39, 0.29) is 22.8 Å². The predicted molar refractivity (Wildman–Crippen MR) is 83.6 cm³/mol. The molecule has 0 radical (unpaired) electrons. The summed E-state index contributed by atoms with van der Waals surface area (Å²) in [4.78, 5) is 11.9. The van der Waals surface area contributed by atoms with E-state index in [4.69, 9.17) is 9.47 Å². The van der Waals surface area contributed by atoms with E-state index < -0.39 is 16.0 Å². The van der Waals surface area contributed by atoms with Crippen LogP contribution < -0.4 is 4.74 Å². The largest absolute Gasteiger partial charge is 0.495 e. The van der Waals surface area contributed by atoms with Gasteiger partial charge < -0.3 is 9.47 Å². The van der Waals surface area contributed by atoms with Crippen molar-refractivity contribution in [3.63, 3.8) is 0 Å². The minimum absolute atomic E-state index is 0.0708. The third-order valence-electron chi connectivity index (χ3n) is 2.87. The number of ether oxygens (including phenoxy) is 2. The molecule has 0 unspecified atom stereocenters. The zero-order chi connectivity index (χ0) is 16.8. The number of carbonyl (C=O) groups excluding carboxylic acids is 1. The molecule has 0 saturated heterocycles. The molecule has 0 atom stereocenters.